The molecule has 1 N–H and O–H groups in total. The first-order valence-electron chi connectivity index (χ1n) is 6.56. The molecule has 100 valence electrons. The third kappa shape index (κ3) is 5.32. The number of nitrogens with one attached hydrogen (secondary N) is 1. The molecule has 1 rings (SSSR count). The van der Waals surface area contributed by atoms with Crippen LogP contribution in [0.4, 0.5) is 0 Å². The number of ether oxygens (including phenoxy) is 1. The van der Waals surface area contributed by atoms with Gasteiger partial charge in [-0.3, -0.25) is 4.79 Å². The van der Waals surface area contributed by atoms with Crippen LogP contribution >= 0.6 is 0 Å². The summed E-state index contributed by atoms with van der Waals surface area (Å²) in [6.45, 7) is 8.22. The summed E-state index contributed by atoms with van der Waals surface area (Å²) in [7, 11) is 0. The van der Waals surface area contributed by atoms with E-state index in [1.165, 1.54) is 16.7 Å². The molecule has 1 aromatic rings. The van der Waals surface area contributed by atoms with Crippen LogP contribution in [0.3, 0.4) is 0 Å². The lowest BCUT2D eigenvalue weighted by Crippen LogP contribution is -2.17. The molecule has 0 bridgehead atoms. The van der Waals surface area contributed by atoms with Crippen molar-refractivity contribution < 1.29 is 9.53 Å². The highest BCUT2D eigenvalue weighted by Crippen LogP contribution is 2.09. The summed E-state index contributed by atoms with van der Waals surface area (Å²) < 4.78 is 4.87. The Morgan fingerprint density at radius 3 is 2.78 bits per heavy atom. The minimum atomic E-state index is -0.106. The lowest BCUT2D eigenvalue weighted by atomic mass is 10.1. The van der Waals surface area contributed by atoms with Gasteiger partial charge in [0.05, 0.1) is 6.61 Å². The van der Waals surface area contributed by atoms with Crippen LogP contribution in [0.25, 0.3) is 0 Å². The average Bonchev–Trinajstić information content (AvgIpc) is 2.31. The fraction of sp³-hybridized carbons (Fsp3) is 0.533. The standard InChI is InChI=1S/C15H23NO2/c1-4-18-15(17)6-5-9-16-11-14-8-7-12(2)10-13(14)3/h7-8,10,16H,4-6,9,11H2,1-3H3. The third-order valence-electron chi connectivity index (χ3n) is 2.85. The molecule has 3 nitrogen and oxygen atoms in total. The topological polar surface area (TPSA) is 38.3 Å². The largest absolute Gasteiger partial charge is 0.466 e. The number of benzene rings is 1. The van der Waals surface area contributed by atoms with Crippen LogP contribution in [0.1, 0.15) is 36.5 Å². The maximum absolute atomic E-state index is 11.1. The summed E-state index contributed by atoms with van der Waals surface area (Å²) in [4.78, 5) is 11.1. The number of carbonyl (C=O) groups is 1. The van der Waals surface area contributed by atoms with Crippen molar-refractivity contribution in [2.24, 2.45) is 0 Å². The molecular weight excluding hydrogens is 226 g/mol. The zero-order chi connectivity index (χ0) is 13.4. The van der Waals surface area contributed by atoms with Crippen LogP contribution in [0.2, 0.25) is 0 Å². The zero-order valence-electron chi connectivity index (χ0n) is 11.6. The maximum Gasteiger partial charge on any atom is 0.305 e. The van der Waals surface area contributed by atoms with Crippen LogP contribution in [-0.2, 0) is 16.1 Å². The molecule has 0 atom stereocenters. The summed E-state index contributed by atoms with van der Waals surface area (Å²) in [5.41, 5.74) is 3.92. The predicted molar refractivity (Wildman–Crippen MR) is 73.5 cm³/mol. The van der Waals surface area contributed by atoms with Gasteiger partial charge in [-0.2, -0.15) is 0 Å². The van der Waals surface area contributed by atoms with E-state index < -0.39 is 0 Å². The predicted octanol–water partition coefficient (Wildman–Crippen LogP) is 2.74. The Labute approximate surface area is 110 Å². The second-order valence-corrected chi connectivity index (χ2v) is 4.52. The molecule has 0 unspecified atom stereocenters. The highest BCUT2D eigenvalue weighted by Gasteiger charge is 2.01. The maximum atomic E-state index is 11.1. The molecular formula is C15H23NO2. The fourth-order valence-electron chi connectivity index (χ4n) is 1.86. The third-order valence-corrected chi connectivity index (χ3v) is 2.85. The van der Waals surface area contributed by atoms with E-state index in [0.29, 0.717) is 13.0 Å². The summed E-state index contributed by atoms with van der Waals surface area (Å²) in [5, 5.41) is 3.35. The van der Waals surface area contributed by atoms with Gasteiger partial charge in [-0.1, -0.05) is 23.8 Å². The average molecular weight is 249 g/mol. The van der Waals surface area contributed by atoms with Gasteiger partial charge in [0.1, 0.15) is 0 Å². The fourth-order valence-corrected chi connectivity index (χ4v) is 1.86. The number of carbonyl (C=O) groups excluding carboxylic acids is 1. The van der Waals surface area contributed by atoms with Crippen LogP contribution < -0.4 is 5.32 Å². The SMILES string of the molecule is CCOC(=O)CCCNCc1ccc(C)cc1C. The van der Waals surface area contributed by atoms with E-state index in [4.69, 9.17) is 4.74 Å². The molecule has 0 spiro atoms. The molecule has 1 aromatic carbocycles. The van der Waals surface area contributed by atoms with Gasteiger partial charge in [0.15, 0.2) is 0 Å². The Morgan fingerprint density at radius 1 is 1.33 bits per heavy atom. The first-order valence-corrected chi connectivity index (χ1v) is 6.56. The van der Waals surface area contributed by atoms with Gasteiger partial charge in [-0.05, 0) is 44.9 Å². The first-order chi connectivity index (χ1) is 8.63. The lowest BCUT2D eigenvalue weighted by Gasteiger charge is -2.08. The molecule has 0 aliphatic rings. The Morgan fingerprint density at radius 2 is 2.11 bits per heavy atom. The first kappa shape index (κ1) is 14.7. The smallest absolute Gasteiger partial charge is 0.305 e. The Balaban J connectivity index is 2.20. The van der Waals surface area contributed by atoms with Gasteiger partial charge in [0, 0.05) is 13.0 Å². The van der Waals surface area contributed by atoms with Gasteiger partial charge in [-0.15, -0.1) is 0 Å². The van der Waals surface area contributed by atoms with Gasteiger partial charge in [0.2, 0.25) is 0 Å². The van der Waals surface area contributed by atoms with Crippen molar-refractivity contribution in [3.63, 3.8) is 0 Å². The summed E-state index contributed by atoms with van der Waals surface area (Å²) >= 11 is 0. The lowest BCUT2D eigenvalue weighted by molar-refractivity contribution is -0.143. The molecule has 0 heterocycles. The monoisotopic (exact) mass is 249 g/mol. The van der Waals surface area contributed by atoms with Gasteiger partial charge >= 0.3 is 5.97 Å². The van der Waals surface area contributed by atoms with Crippen molar-refractivity contribution in [1.29, 1.82) is 0 Å². The minimum Gasteiger partial charge on any atom is -0.466 e. The van der Waals surface area contributed by atoms with Crippen LogP contribution in [0.5, 0.6) is 0 Å². The van der Waals surface area contributed by atoms with Crippen molar-refractivity contribution in [2.75, 3.05) is 13.2 Å². The molecule has 0 aliphatic carbocycles. The highest BCUT2D eigenvalue weighted by molar-refractivity contribution is 5.69. The van der Waals surface area contributed by atoms with E-state index in [0.717, 1.165) is 19.5 Å². The molecule has 0 radical (unpaired) electrons. The highest BCUT2D eigenvalue weighted by atomic mass is 16.5. The van der Waals surface area contributed by atoms with Crippen molar-refractivity contribution in [2.45, 2.75) is 40.2 Å². The number of aryl methyl sites for hydroxylation is 2. The number of hydrogen-bond donors (Lipinski definition) is 1. The molecule has 18 heavy (non-hydrogen) atoms. The van der Waals surface area contributed by atoms with Gasteiger partial charge in [-0.25, -0.2) is 0 Å². The van der Waals surface area contributed by atoms with Crippen LogP contribution in [-0.4, -0.2) is 19.1 Å². The van der Waals surface area contributed by atoms with Crippen molar-refractivity contribution in [3.05, 3.63) is 34.9 Å². The van der Waals surface area contributed by atoms with E-state index in [1.54, 1.807) is 0 Å². The molecule has 0 amide bonds. The normalized spacial score (nSPS) is 10.4. The number of rotatable bonds is 7. The quantitative estimate of drug-likeness (QED) is 0.596. The molecule has 3 heteroatoms. The molecule has 0 aliphatic heterocycles. The van der Waals surface area contributed by atoms with Gasteiger partial charge < -0.3 is 10.1 Å². The van der Waals surface area contributed by atoms with E-state index >= 15 is 0 Å². The van der Waals surface area contributed by atoms with Gasteiger partial charge in [0.25, 0.3) is 0 Å². The second-order valence-electron chi connectivity index (χ2n) is 4.52. The molecule has 0 aromatic heterocycles. The van der Waals surface area contributed by atoms with Crippen molar-refractivity contribution in [3.8, 4) is 0 Å². The molecule has 0 saturated heterocycles. The minimum absolute atomic E-state index is 0.106. The van der Waals surface area contributed by atoms with Crippen molar-refractivity contribution >= 4 is 5.97 Å². The second kappa shape index (κ2) is 7.88. The van der Waals surface area contributed by atoms with Crippen LogP contribution in [0, 0.1) is 13.8 Å². The van der Waals surface area contributed by atoms with E-state index in [9.17, 15) is 4.79 Å². The summed E-state index contributed by atoms with van der Waals surface area (Å²) in [6, 6.07) is 6.47. The number of esters is 1. The molecule has 0 saturated carbocycles. The number of hydrogen-bond acceptors (Lipinski definition) is 3. The Kier molecular flexibility index (Phi) is 6.44. The zero-order valence-corrected chi connectivity index (χ0v) is 11.6. The van der Waals surface area contributed by atoms with Crippen molar-refractivity contribution in [1.82, 2.24) is 5.32 Å². The van der Waals surface area contributed by atoms with E-state index in [-0.39, 0.29) is 5.97 Å². The summed E-state index contributed by atoms with van der Waals surface area (Å²) in [6.07, 6.45) is 1.32. The van der Waals surface area contributed by atoms with Crippen LogP contribution in [0.15, 0.2) is 18.2 Å². The van der Waals surface area contributed by atoms with E-state index in [2.05, 4.69) is 37.4 Å². The summed E-state index contributed by atoms with van der Waals surface area (Å²) in [5.74, 6) is -0.106. The Bertz CT molecular complexity index is 388. The molecule has 0 fully saturated rings. The Hall–Kier alpha value is -1.35. The van der Waals surface area contributed by atoms with E-state index in [1.807, 2.05) is 6.92 Å².